The van der Waals surface area contributed by atoms with E-state index < -0.39 is 5.82 Å². The number of hydrogen-bond donors (Lipinski definition) is 2. The molecular weight excluding hydrogens is 245 g/mol. The van der Waals surface area contributed by atoms with Crippen molar-refractivity contribution >= 4 is 5.91 Å². The summed E-state index contributed by atoms with van der Waals surface area (Å²) in [5.74, 6) is -0.133. The summed E-state index contributed by atoms with van der Waals surface area (Å²) in [5, 5.41) is 2.98. The third-order valence-electron chi connectivity index (χ3n) is 3.97. The summed E-state index contributed by atoms with van der Waals surface area (Å²) >= 11 is 0. The Hall–Kier alpha value is -1.49. The number of aromatic nitrogens is 1. The highest BCUT2D eigenvalue weighted by Crippen LogP contribution is 2.31. The van der Waals surface area contributed by atoms with E-state index in [1.807, 2.05) is 0 Å². The van der Waals surface area contributed by atoms with Gasteiger partial charge in [0.15, 0.2) is 0 Å². The second-order valence-electron chi connectivity index (χ2n) is 5.51. The summed E-state index contributed by atoms with van der Waals surface area (Å²) in [6, 6.07) is 1.19. The molecule has 1 aromatic rings. The van der Waals surface area contributed by atoms with Gasteiger partial charge in [0.2, 0.25) is 0 Å². The first-order valence-electron chi connectivity index (χ1n) is 6.68. The highest BCUT2D eigenvalue weighted by molar-refractivity contribution is 5.94. The van der Waals surface area contributed by atoms with Crippen molar-refractivity contribution in [2.75, 3.05) is 6.54 Å². The molecule has 19 heavy (non-hydrogen) atoms. The number of nitrogens with one attached hydrogen (secondary N) is 1. The van der Waals surface area contributed by atoms with Gasteiger partial charge >= 0.3 is 0 Å². The second-order valence-corrected chi connectivity index (χ2v) is 5.51. The number of nitrogens with two attached hydrogens (primary N) is 1. The molecule has 0 bridgehead atoms. The van der Waals surface area contributed by atoms with Crippen molar-refractivity contribution in [3.63, 3.8) is 0 Å². The summed E-state index contributed by atoms with van der Waals surface area (Å²) in [6.45, 7) is 2.62. The molecule has 5 heteroatoms. The van der Waals surface area contributed by atoms with Crippen LogP contribution in [0.5, 0.6) is 0 Å². The van der Waals surface area contributed by atoms with E-state index in [0.29, 0.717) is 12.5 Å². The quantitative estimate of drug-likeness (QED) is 0.876. The van der Waals surface area contributed by atoms with Gasteiger partial charge in [-0.15, -0.1) is 0 Å². The predicted octanol–water partition coefficient (Wildman–Crippen LogP) is 1.86. The van der Waals surface area contributed by atoms with Crippen LogP contribution in [0, 0.1) is 11.7 Å². The Morgan fingerprint density at radius 3 is 2.79 bits per heavy atom. The second kappa shape index (κ2) is 5.65. The van der Waals surface area contributed by atoms with Gasteiger partial charge in [-0.1, -0.05) is 6.92 Å². The number of hydrogen-bond acceptors (Lipinski definition) is 3. The predicted molar refractivity (Wildman–Crippen MR) is 71.1 cm³/mol. The first-order valence-corrected chi connectivity index (χ1v) is 6.68. The zero-order valence-corrected chi connectivity index (χ0v) is 11.2. The van der Waals surface area contributed by atoms with Gasteiger partial charge in [-0.3, -0.25) is 9.78 Å². The summed E-state index contributed by atoms with van der Waals surface area (Å²) in [5.41, 5.74) is 5.73. The SMILES string of the molecule is CC1CCC(CN)(NC(=O)c2cncc(F)c2)CC1. The molecule has 1 aromatic heterocycles. The summed E-state index contributed by atoms with van der Waals surface area (Å²) in [4.78, 5) is 15.8. The monoisotopic (exact) mass is 265 g/mol. The van der Waals surface area contributed by atoms with Crippen molar-refractivity contribution in [2.45, 2.75) is 38.1 Å². The maximum atomic E-state index is 13.1. The number of carbonyl (C=O) groups excluding carboxylic acids is 1. The summed E-state index contributed by atoms with van der Waals surface area (Å²) in [7, 11) is 0. The Kier molecular flexibility index (Phi) is 4.14. The van der Waals surface area contributed by atoms with Crippen LogP contribution in [0.15, 0.2) is 18.5 Å². The molecule has 104 valence electrons. The van der Waals surface area contributed by atoms with E-state index in [2.05, 4.69) is 17.2 Å². The molecule has 3 N–H and O–H groups in total. The van der Waals surface area contributed by atoms with Crippen LogP contribution in [0.1, 0.15) is 43.0 Å². The average molecular weight is 265 g/mol. The molecule has 4 nitrogen and oxygen atoms in total. The van der Waals surface area contributed by atoms with Gasteiger partial charge in [-0.25, -0.2) is 4.39 Å². The molecule has 0 unspecified atom stereocenters. The minimum atomic E-state index is -0.508. The van der Waals surface area contributed by atoms with Crippen molar-refractivity contribution in [2.24, 2.45) is 11.7 Å². The number of amides is 1. The fourth-order valence-electron chi connectivity index (χ4n) is 2.54. The van der Waals surface area contributed by atoms with E-state index in [4.69, 9.17) is 5.73 Å². The molecule has 0 atom stereocenters. The Morgan fingerprint density at radius 1 is 1.53 bits per heavy atom. The molecule has 1 saturated carbocycles. The van der Waals surface area contributed by atoms with Crippen LogP contribution in [-0.2, 0) is 0 Å². The first kappa shape index (κ1) is 13.9. The smallest absolute Gasteiger partial charge is 0.253 e. The van der Waals surface area contributed by atoms with Crippen molar-refractivity contribution < 1.29 is 9.18 Å². The maximum absolute atomic E-state index is 13.1. The van der Waals surface area contributed by atoms with Crippen molar-refractivity contribution in [3.8, 4) is 0 Å². The number of nitrogens with zero attached hydrogens (tertiary/aromatic N) is 1. The molecule has 0 radical (unpaired) electrons. The third kappa shape index (κ3) is 3.29. The van der Waals surface area contributed by atoms with E-state index in [9.17, 15) is 9.18 Å². The van der Waals surface area contributed by atoms with Crippen LogP contribution < -0.4 is 11.1 Å². The van der Waals surface area contributed by atoms with Gasteiger partial charge in [-0.05, 0) is 37.7 Å². The standard InChI is InChI=1S/C14H20FN3O/c1-10-2-4-14(9-16,5-3-10)18-13(19)11-6-12(15)8-17-7-11/h6-8,10H,2-5,9,16H2,1H3,(H,18,19). The summed E-state index contributed by atoms with van der Waals surface area (Å²) in [6.07, 6.45) is 6.31. The summed E-state index contributed by atoms with van der Waals surface area (Å²) < 4.78 is 13.1. The van der Waals surface area contributed by atoms with Gasteiger partial charge in [0.05, 0.1) is 17.3 Å². The lowest BCUT2D eigenvalue weighted by atomic mass is 9.77. The lowest BCUT2D eigenvalue weighted by Crippen LogP contribution is -2.55. The molecule has 0 spiro atoms. The molecule has 0 aromatic carbocycles. The van der Waals surface area contributed by atoms with E-state index in [-0.39, 0.29) is 17.0 Å². The largest absolute Gasteiger partial charge is 0.345 e. The number of carbonyl (C=O) groups is 1. The zero-order valence-electron chi connectivity index (χ0n) is 11.2. The van der Waals surface area contributed by atoms with Crippen LogP contribution in [0.3, 0.4) is 0 Å². The molecule has 0 saturated heterocycles. The van der Waals surface area contributed by atoms with Gasteiger partial charge in [-0.2, -0.15) is 0 Å². The maximum Gasteiger partial charge on any atom is 0.253 e. The lowest BCUT2D eigenvalue weighted by Gasteiger charge is -2.39. The topological polar surface area (TPSA) is 68.0 Å². The van der Waals surface area contributed by atoms with Gasteiger partial charge < -0.3 is 11.1 Å². The normalized spacial score (nSPS) is 27.0. The molecule has 2 rings (SSSR count). The molecule has 1 amide bonds. The van der Waals surface area contributed by atoms with E-state index in [1.165, 1.54) is 12.3 Å². The third-order valence-corrected chi connectivity index (χ3v) is 3.97. The van der Waals surface area contributed by atoms with Gasteiger partial charge in [0.1, 0.15) is 5.82 Å². The fourth-order valence-corrected chi connectivity index (χ4v) is 2.54. The van der Waals surface area contributed by atoms with E-state index >= 15 is 0 Å². The molecule has 1 fully saturated rings. The first-order chi connectivity index (χ1) is 9.04. The number of pyridine rings is 1. The zero-order chi connectivity index (χ0) is 13.9. The Balaban J connectivity index is 2.08. The number of halogens is 1. The molecule has 1 heterocycles. The van der Waals surface area contributed by atoms with Crippen LogP contribution in [0.2, 0.25) is 0 Å². The van der Waals surface area contributed by atoms with Crippen LogP contribution in [0.25, 0.3) is 0 Å². The van der Waals surface area contributed by atoms with Gasteiger partial charge in [0, 0.05) is 12.7 Å². The fraction of sp³-hybridized carbons (Fsp3) is 0.571. The molecular formula is C14H20FN3O. The highest BCUT2D eigenvalue weighted by atomic mass is 19.1. The Morgan fingerprint density at radius 2 is 2.21 bits per heavy atom. The Labute approximate surface area is 112 Å². The van der Waals surface area contributed by atoms with E-state index in [0.717, 1.165) is 31.9 Å². The average Bonchev–Trinajstić information content (AvgIpc) is 2.42. The minimum Gasteiger partial charge on any atom is -0.345 e. The van der Waals surface area contributed by atoms with Crippen molar-refractivity contribution in [1.82, 2.24) is 10.3 Å². The van der Waals surface area contributed by atoms with Crippen LogP contribution in [0.4, 0.5) is 4.39 Å². The minimum absolute atomic E-state index is 0.242. The van der Waals surface area contributed by atoms with Crippen molar-refractivity contribution in [3.05, 3.63) is 29.8 Å². The van der Waals surface area contributed by atoms with Crippen molar-refractivity contribution in [1.29, 1.82) is 0 Å². The van der Waals surface area contributed by atoms with Crippen LogP contribution in [-0.4, -0.2) is 23.0 Å². The number of rotatable bonds is 3. The van der Waals surface area contributed by atoms with Crippen LogP contribution >= 0.6 is 0 Å². The lowest BCUT2D eigenvalue weighted by molar-refractivity contribution is 0.0859. The highest BCUT2D eigenvalue weighted by Gasteiger charge is 2.34. The molecule has 1 aliphatic carbocycles. The molecule has 0 aliphatic heterocycles. The van der Waals surface area contributed by atoms with E-state index in [1.54, 1.807) is 0 Å². The van der Waals surface area contributed by atoms with Gasteiger partial charge in [0.25, 0.3) is 5.91 Å². The Bertz CT molecular complexity index is 456. The molecule has 1 aliphatic rings.